The standard InChI is InChI=1S/C12H18BrN3O/c1-17-11-2-3-12(14-10-11)16-8-6-15(5-4-13)7-9-16/h2-3,10H,4-9H2,1H3. The number of hydrogen-bond donors (Lipinski definition) is 0. The smallest absolute Gasteiger partial charge is 0.137 e. The van der Waals surface area contributed by atoms with Crippen molar-refractivity contribution in [1.82, 2.24) is 9.88 Å². The number of methoxy groups -OCH3 is 1. The third kappa shape index (κ3) is 3.33. The van der Waals surface area contributed by atoms with E-state index < -0.39 is 0 Å². The lowest BCUT2D eigenvalue weighted by Crippen LogP contribution is -2.47. The Labute approximate surface area is 111 Å². The first-order valence-corrected chi connectivity index (χ1v) is 6.99. The number of halogens is 1. The van der Waals surface area contributed by atoms with Crippen LogP contribution in [0.3, 0.4) is 0 Å². The minimum absolute atomic E-state index is 0.812. The Morgan fingerprint density at radius 1 is 1.29 bits per heavy atom. The molecule has 94 valence electrons. The molecule has 2 rings (SSSR count). The average molecular weight is 300 g/mol. The molecule has 1 saturated heterocycles. The van der Waals surface area contributed by atoms with E-state index in [2.05, 4.69) is 30.7 Å². The molecule has 4 nitrogen and oxygen atoms in total. The molecule has 0 spiro atoms. The lowest BCUT2D eigenvalue weighted by atomic mass is 10.3. The summed E-state index contributed by atoms with van der Waals surface area (Å²) in [7, 11) is 1.66. The molecular formula is C12H18BrN3O. The summed E-state index contributed by atoms with van der Waals surface area (Å²) in [6, 6.07) is 3.99. The second kappa shape index (κ2) is 6.21. The van der Waals surface area contributed by atoms with Gasteiger partial charge in [0.25, 0.3) is 0 Å². The van der Waals surface area contributed by atoms with Gasteiger partial charge in [-0.15, -0.1) is 0 Å². The van der Waals surface area contributed by atoms with Gasteiger partial charge in [-0.25, -0.2) is 4.98 Å². The molecule has 1 aliphatic rings. The minimum atomic E-state index is 0.812. The Morgan fingerprint density at radius 2 is 2.06 bits per heavy atom. The van der Waals surface area contributed by atoms with Gasteiger partial charge in [-0.2, -0.15) is 0 Å². The predicted octanol–water partition coefficient (Wildman–Crippen LogP) is 1.61. The Hall–Kier alpha value is -0.810. The summed E-state index contributed by atoms with van der Waals surface area (Å²) in [6.45, 7) is 5.45. The van der Waals surface area contributed by atoms with Gasteiger partial charge in [0.2, 0.25) is 0 Å². The van der Waals surface area contributed by atoms with Crippen LogP contribution in [0.25, 0.3) is 0 Å². The summed E-state index contributed by atoms with van der Waals surface area (Å²) in [4.78, 5) is 9.21. The van der Waals surface area contributed by atoms with Gasteiger partial charge >= 0.3 is 0 Å². The monoisotopic (exact) mass is 299 g/mol. The van der Waals surface area contributed by atoms with Crippen LogP contribution in [0.2, 0.25) is 0 Å². The van der Waals surface area contributed by atoms with Gasteiger partial charge < -0.3 is 9.64 Å². The summed E-state index contributed by atoms with van der Waals surface area (Å²) in [6.07, 6.45) is 1.78. The van der Waals surface area contributed by atoms with Gasteiger partial charge in [-0.1, -0.05) is 15.9 Å². The molecule has 0 atom stereocenters. The molecule has 0 radical (unpaired) electrons. The molecule has 0 aromatic carbocycles. The zero-order chi connectivity index (χ0) is 12.1. The van der Waals surface area contributed by atoms with Crippen LogP contribution >= 0.6 is 15.9 Å². The first-order valence-electron chi connectivity index (χ1n) is 5.87. The highest BCUT2D eigenvalue weighted by molar-refractivity contribution is 9.09. The van der Waals surface area contributed by atoms with Crippen LogP contribution in [-0.2, 0) is 0 Å². The lowest BCUT2D eigenvalue weighted by molar-refractivity contribution is 0.273. The molecule has 17 heavy (non-hydrogen) atoms. The van der Waals surface area contributed by atoms with E-state index in [1.807, 2.05) is 12.1 Å². The topological polar surface area (TPSA) is 28.6 Å². The maximum Gasteiger partial charge on any atom is 0.137 e. The van der Waals surface area contributed by atoms with Crippen LogP contribution in [0.4, 0.5) is 5.82 Å². The van der Waals surface area contributed by atoms with Crippen LogP contribution < -0.4 is 9.64 Å². The van der Waals surface area contributed by atoms with Crippen molar-refractivity contribution in [3.05, 3.63) is 18.3 Å². The maximum absolute atomic E-state index is 5.11. The molecule has 2 heterocycles. The molecule has 0 N–H and O–H groups in total. The van der Waals surface area contributed by atoms with Crippen molar-refractivity contribution in [1.29, 1.82) is 0 Å². The van der Waals surface area contributed by atoms with Gasteiger partial charge in [-0.05, 0) is 12.1 Å². The van der Waals surface area contributed by atoms with E-state index in [1.165, 1.54) is 0 Å². The number of alkyl halides is 1. The van der Waals surface area contributed by atoms with Gasteiger partial charge in [0, 0.05) is 38.1 Å². The summed E-state index contributed by atoms with van der Waals surface area (Å²) in [5, 5.41) is 1.05. The van der Waals surface area contributed by atoms with Crippen LogP contribution in [0.15, 0.2) is 18.3 Å². The molecule has 0 saturated carbocycles. The van der Waals surface area contributed by atoms with Gasteiger partial charge in [0.15, 0.2) is 0 Å². The van der Waals surface area contributed by atoms with E-state index in [-0.39, 0.29) is 0 Å². The predicted molar refractivity (Wildman–Crippen MR) is 73.2 cm³/mol. The number of anilines is 1. The minimum Gasteiger partial charge on any atom is -0.495 e. The summed E-state index contributed by atoms with van der Waals surface area (Å²) < 4.78 is 5.11. The van der Waals surface area contributed by atoms with E-state index in [1.54, 1.807) is 13.3 Å². The third-order valence-electron chi connectivity index (χ3n) is 3.05. The summed E-state index contributed by atoms with van der Waals surface area (Å²) in [5.41, 5.74) is 0. The first-order chi connectivity index (χ1) is 8.33. The normalized spacial score (nSPS) is 17.2. The molecule has 0 aliphatic carbocycles. The van der Waals surface area contributed by atoms with Crippen LogP contribution in [0.5, 0.6) is 5.75 Å². The van der Waals surface area contributed by atoms with Crippen LogP contribution in [0, 0.1) is 0 Å². The van der Waals surface area contributed by atoms with Crippen LogP contribution in [-0.4, -0.2) is 55.0 Å². The first kappa shape index (κ1) is 12.6. The SMILES string of the molecule is COc1ccc(N2CCN(CCBr)CC2)nc1. The zero-order valence-corrected chi connectivity index (χ0v) is 11.7. The fourth-order valence-electron chi connectivity index (χ4n) is 2.00. The Morgan fingerprint density at radius 3 is 2.59 bits per heavy atom. The van der Waals surface area contributed by atoms with E-state index in [9.17, 15) is 0 Å². The highest BCUT2D eigenvalue weighted by Gasteiger charge is 2.17. The van der Waals surface area contributed by atoms with Crippen molar-refractivity contribution in [3.8, 4) is 5.75 Å². The molecule has 1 aliphatic heterocycles. The average Bonchev–Trinajstić information content (AvgIpc) is 2.40. The van der Waals surface area contributed by atoms with Crippen molar-refractivity contribution < 1.29 is 4.74 Å². The molecule has 5 heteroatoms. The highest BCUT2D eigenvalue weighted by Crippen LogP contribution is 2.16. The van der Waals surface area contributed by atoms with Crippen molar-refractivity contribution in [2.45, 2.75) is 0 Å². The highest BCUT2D eigenvalue weighted by atomic mass is 79.9. The Balaban J connectivity index is 1.91. The molecule has 1 aromatic heterocycles. The largest absolute Gasteiger partial charge is 0.495 e. The fraction of sp³-hybridized carbons (Fsp3) is 0.583. The van der Waals surface area contributed by atoms with Gasteiger partial charge in [-0.3, -0.25) is 4.90 Å². The van der Waals surface area contributed by atoms with Crippen molar-refractivity contribution in [3.63, 3.8) is 0 Å². The number of ether oxygens (including phenoxy) is 1. The Bertz CT molecular complexity index is 336. The summed E-state index contributed by atoms with van der Waals surface area (Å²) in [5.74, 6) is 1.86. The van der Waals surface area contributed by atoms with E-state index >= 15 is 0 Å². The maximum atomic E-state index is 5.11. The second-order valence-electron chi connectivity index (χ2n) is 4.07. The van der Waals surface area contributed by atoms with Crippen molar-refractivity contribution in [2.75, 3.05) is 50.1 Å². The molecule has 1 aromatic rings. The molecule has 0 bridgehead atoms. The number of hydrogen-bond acceptors (Lipinski definition) is 4. The fourth-order valence-corrected chi connectivity index (χ4v) is 2.50. The van der Waals surface area contributed by atoms with Crippen molar-refractivity contribution in [2.24, 2.45) is 0 Å². The molecule has 0 amide bonds. The number of nitrogens with zero attached hydrogens (tertiary/aromatic N) is 3. The molecular weight excluding hydrogens is 282 g/mol. The second-order valence-corrected chi connectivity index (χ2v) is 4.87. The van der Waals surface area contributed by atoms with E-state index in [0.717, 1.165) is 49.6 Å². The Kier molecular flexibility index (Phi) is 4.62. The molecule has 1 fully saturated rings. The number of aromatic nitrogens is 1. The van der Waals surface area contributed by atoms with Crippen LogP contribution in [0.1, 0.15) is 0 Å². The van der Waals surface area contributed by atoms with E-state index in [0.29, 0.717) is 0 Å². The third-order valence-corrected chi connectivity index (χ3v) is 3.41. The van der Waals surface area contributed by atoms with Gasteiger partial charge in [0.05, 0.1) is 13.3 Å². The zero-order valence-electron chi connectivity index (χ0n) is 10.1. The summed E-state index contributed by atoms with van der Waals surface area (Å²) >= 11 is 3.48. The van der Waals surface area contributed by atoms with Gasteiger partial charge in [0.1, 0.15) is 11.6 Å². The van der Waals surface area contributed by atoms with E-state index in [4.69, 9.17) is 4.74 Å². The molecule has 0 unspecified atom stereocenters. The lowest BCUT2D eigenvalue weighted by Gasteiger charge is -2.35. The number of pyridine rings is 1. The quantitative estimate of drug-likeness (QED) is 0.790. The van der Waals surface area contributed by atoms with Crippen molar-refractivity contribution >= 4 is 21.7 Å². The number of rotatable bonds is 4. The number of piperazine rings is 1.